The molecule has 8 nitrogen and oxygen atoms in total. The molecule has 2 rings (SSSR count). The van der Waals surface area contributed by atoms with Crippen LogP contribution in [0.15, 0.2) is 48.5 Å². The third-order valence-electron chi connectivity index (χ3n) is 4.44. The molecule has 0 spiro atoms. The van der Waals surface area contributed by atoms with Gasteiger partial charge in [-0.15, -0.1) is 0 Å². The second-order valence-corrected chi connectivity index (χ2v) is 6.68. The lowest BCUT2D eigenvalue weighted by Crippen LogP contribution is -2.38. The lowest BCUT2D eigenvalue weighted by atomic mass is 10.0. The summed E-state index contributed by atoms with van der Waals surface area (Å²) in [6.07, 6.45) is 0.539. The van der Waals surface area contributed by atoms with Gasteiger partial charge in [0.05, 0.1) is 23.1 Å². The van der Waals surface area contributed by atoms with Gasteiger partial charge in [-0.3, -0.25) is 14.9 Å². The Morgan fingerprint density at radius 1 is 1.13 bits per heavy atom. The highest BCUT2D eigenvalue weighted by molar-refractivity contribution is 5.93. The standard InChI is InChI=1S/C22H26N2O6/c1-4-9-18(16-10-7-6-8-11-16)23-21(25)15(3)30-22(26)17-12-13-20(29-5-2)19(14-17)24(27)28/h6-8,10-15,18H,4-5,9H2,1-3H3,(H,23,25). The molecule has 2 unspecified atom stereocenters. The Morgan fingerprint density at radius 3 is 2.43 bits per heavy atom. The fourth-order valence-electron chi connectivity index (χ4n) is 2.93. The number of nitrogens with zero attached hydrogens (tertiary/aromatic N) is 1. The molecule has 2 aromatic carbocycles. The fourth-order valence-corrected chi connectivity index (χ4v) is 2.93. The molecule has 0 aromatic heterocycles. The molecule has 0 bridgehead atoms. The predicted molar refractivity (Wildman–Crippen MR) is 111 cm³/mol. The number of rotatable bonds is 10. The molecule has 0 aliphatic carbocycles. The van der Waals surface area contributed by atoms with Gasteiger partial charge in [0.15, 0.2) is 11.9 Å². The molecule has 0 aliphatic rings. The maximum atomic E-state index is 12.6. The van der Waals surface area contributed by atoms with Gasteiger partial charge in [0.2, 0.25) is 0 Å². The molecule has 1 N–H and O–H groups in total. The van der Waals surface area contributed by atoms with Crippen molar-refractivity contribution in [3.8, 4) is 5.75 Å². The topological polar surface area (TPSA) is 108 Å². The number of hydrogen-bond donors (Lipinski definition) is 1. The van der Waals surface area contributed by atoms with Crippen LogP contribution in [0, 0.1) is 10.1 Å². The smallest absolute Gasteiger partial charge is 0.339 e. The molecule has 0 heterocycles. The van der Waals surface area contributed by atoms with E-state index in [-0.39, 0.29) is 29.6 Å². The van der Waals surface area contributed by atoms with Crippen molar-refractivity contribution in [2.45, 2.75) is 45.8 Å². The Hall–Kier alpha value is -3.42. The Balaban J connectivity index is 2.08. The van der Waals surface area contributed by atoms with E-state index in [0.717, 1.165) is 24.5 Å². The van der Waals surface area contributed by atoms with Crippen LogP contribution in [0.4, 0.5) is 5.69 Å². The fraction of sp³-hybridized carbons (Fsp3) is 0.364. The van der Waals surface area contributed by atoms with Crippen LogP contribution in [0.2, 0.25) is 0 Å². The monoisotopic (exact) mass is 414 g/mol. The van der Waals surface area contributed by atoms with Gasteiger partial charge in [0.1, 0.15) is 0 Å². The number of hydrogen-bond acceptors (Lipinski definition) is 6. The van der Waals surface area contributed by atoms with E-state index in [1.807, 2.05) is 37.3 Å². The molecule has 0 saturated heterocycles. The van der Waals surface area contributed by atoms with E-state index in [1.54, 1.807) is 6.92 Å². The summed E-state index contributed by atoms with van der Waals surface area (Å²) in [7, 11) is 0. The largest absolute Gasteiger partial charge is 0.487 e. The van der Waals surface area contributed by atoms with E-state index in [2.05, 4.69) is 5.32 Å². The van der Waals surface area contributed by atoms with Crippen molar-refractivity contribution >= 4 is 17.6 Å². The van der Waals surface area contributed by atoms with Crippen LogP contribution in [0.5, 0.6) is 5.75 Å². The summed E-state index contributed by atoms with van der Waals surface area (Å²) in [5, 5.41) is 14.1. The van der Waals surface area contributed by atoms with E-state index in [4.69, 9.17) is 9.47 Å². The normalized spacial score (nSPS) is 12.5. The molecule has 2 aromatic rings. The number of nitro groups is 1. The summed E-state index contributed by atoms with van der Waals surface area (Å²) >= 11 is 0. The highest BCUT2D eigenvalue weighted by Crippen LogP contribution is 2.28. The van der Waals surface area contributed by atoms with Crippen LogP contribution in [-0.2, 0) is 9.53 Å². The molecule has 0 aliphatic heterocycles. The van der Waals surface area contributed by atoms with Gasteiger partial charge in [0.25, 0.3) is 5.91 Å². The van der Waals surface area contributed by atoms with Crippen molar-refractivity contribution in [3.63, 3.8) is 0 Å². The number of benzene rings is 2. The van der Waals surface area contributed by atoms with Crippen LogP contribution in [0.25, 0.3) is 0 Å². The molecule has 0 radical (unpaired) electrons. The lowest BCUT2D eigenvalue weighted by Gasteiger charge is -2.21. The van der Waals surface area contributed by atoms with Gasteiger partial charge in [-0.05, 0) is 38.0 Å². The zero-order valence-corrected chi connectivity index (χ0v) is 17.3. The minimum absolute atomic E-state index is 0.0297. The average molecular weight is 414 g/mol. The molecule has 2 atom stereocenters. The van der Waals surface area contributed by atoms with Crippen LogP contribution in [0.1, 0.15) is 55.6 Å². The minimum atomic E-state index is -1.06. The van der Waals surface area contributed by atoms with Gasteiger partial charge < -0.3 is 14.8 Å². The van der Waals surface area contributed by atoms with Crippen molar-refractivity contribution in [2.24, 2.45) is 0 Å². The summed E-state index contributed by atoms with van der Waals surface area (Å²) in [5.41, 5.74) is 0.599. The Kier molecular flexibility index (Phi) is 8.34. The molecule has 30 heavy (non-hydrogen) atoms. The van der Waals surface area contributed by atoms with E-state index < -0.39 is 22.9 Å². The van der Waals surface area contributed by atoms with Gasteiger partial charge >= 0.3 is 11.7 Å². The van der Waals surface area contributed by atoms with Crippen LogP contribution >= 0.6 is 0 Å². The Labute approximate surface area is 175 Å². The molecule has 0 saturated carbocycles. The maximum Gasteiger partial charge on any atom is 0.339 e. The number of carbonyl (C=O) groups is 2. The number of amides is 1. The van der Waals surface area contributed by atoms with Crippen LogP contribution in [-0.4, -0.2) is 29.5 Å². The number of nitrogens with one attached hydrogen (secondary N) is 1. The zero-order chi connectivity index (χ0) is 22.1. The first kappa shape index (κ1) is 22.9. The van der Waals surface area contributed by atoms with E-state index >= 15 is 0 Å². The summed E-state index contributed by atoms with van der Waals surface area (Å²) in [6, 6.07) is 13.1. The molecule has 8 heteroatoms. The maximum absolute atomic E-state index is 12.6. The van der Waals surface area contributed by atoms with E-state index in [0.29, 0.717) is 0 Å². The van der Waals surface area contributed by atoms with E-state index in [1.165, 1.54) is 19.1 Å². The van der Waals surface area contributed by atoms with Crippen molar-refractivity contribution in [3.05, 3.63) is 69.8 Å². The van der Waals surface area contributed by atoms with Crippen molar-refractivity contribution in [1.82, 2.24) is 5.32 Å². The summed E-state index contributed by atoms with van der Waals surface area (Å²) < 4.78 is 10.4. The quantitative estimate of drug-likeness (QED) is 0.355. The second-order valence-electron chi connectivity index (χ2n) is 6.68. The van der Waals surface area contributed by atoms with Gasteiger partial charge in [0, 0.05) is 6.07 Å². The SMILES string of the molecule is CCCC(NC(=O)C(C)OC(=O)c1ccc(OCC)c([N+](=O)[O-])c1)c1ccccc1. The van der Waals surface area contributed by atoms with Gasteiger partial charge in [-0.2, -0.15) is 0 Å². The molecular formula is C22H26N2O6. The average Bonchev–Trinajstić information content (AvgIpc) is 2.74. The minimum Gasteiger partial charge on any atom is -0.487 e. The second kappa shape index (κ2) is 10.9. The lowest BCUT2D eigenvalue weighted by molar-refractivity contribution is -0.385. The number of nitro benzene ring substituents is 1. The molecule has 1 amide bonds. The summed E-state index contributed by atoms with van der Waals surface area (Å²) in [5.74, 6) is -1.20. The zero-order valence-electron chi connectivity index (χ0n) is 17.3. The third kappa shape index (κ3) is 6.04. The van der Waals surface area contributed by atoms with Crippen molar-refractivity contribution in [2.75, 3.05) is 6.61 Å². The summed E-state index contributed by atoms with van der Waals surface area (Å²) in [4.78, 5) is 35.6. The number of ether oxygens (including phenoxy) is 2. The van der Waals surface area contributed by atoms with Gasteiger partial charge in [-0.1, -0.05) is 43.7 Å². The Bertz CT molecular complexity index is 884. The molecule has 0 fully saturated rings. The van der Waals surface area contributed by atoms with Crippen molar-refractivity contribution < 1.29 is 24.0 Å². The first-order valence-electron chi connectivity index (χ1n) is 9.84. The Morgan fingerprint density at radius 2 is 1.83 bits per heavy atom. The number of esters is 1. The molecular weight excluding hydrogens is 388 g/mol. The van der Waals surface area contributed by atoms with Crippen LogP contribution < -0.4 is 10.1 Å². The number of carbonyl (C=O) groups excluding carboxylic acids is 2. The predicted octanol–water partition coefficient (Wildman–Crippen LogP) is 4.20. The highest BCUT2D eigenvalue weighted by Gasteiger charge is 2.24. The van der Waals surface area contributed by atoms with Gasteiger partial charge in [-0.25, -0.2) is 4.79 Å². The summed E-state index contributed by atoms with van der Waals surface area (Å²) in [6.45, 7) is 5.43. The van der Waals surface area contributed by atoms with Crippen LogP contribution in [0.3, 0.4) is 0 Å². The first-order valence-corrected chi connectivity index (χ1v) is 9.84. The highest BCUT2D eigenvalue weighted by atomic mass is 16.6. The van der Waals surface area contributed by atoms with E-state index in [9.17, 15) is 19.7 Å². The third-order valence-corrected chi connectivity index (χ3v) is 4.44. The van der Waals surface area contributed by atoms with Crippen molar-refractivity contribution in [1.29, 1.82) is 0 Å². The first-order chi connectivity index (χ1) is 14.4. The molecule has 160 valence electrons.